The van der Waals surface area contributed by atoms with Gasteiger partial charge in [-0.3, -0.25) is 18.6 Å². The number of fused-ring (bicyclic) bond motifs is 3. The van der Waals surface area contributed by atoms with E-state index in [0.717, 1.165) is 30.5 Å². The zero-order valence-electron chi connectivity index (χ0n) is 17.7. The SMILES string of the molecule is CCCCn1c(=O)c2ccccc2n2c(SCC(=O)Nc3ccc(CC)cc3)nnc12. The predicted molar refractivity (Wildman–Crippen MR) is 125 cm³/mol. The average Bonchev–Trinajstić information content (AvgIpc) is 3.22. The van der Waals surface area contributed by atoms with Crippen molar-refractivity contribution < 1.29 is 4.79 Å². The Bertz CT molecular complexity index is 1280. The first-order chi connectivity index (χ1) is 15.1. The third kappa shape index (κ3) is 4.34. The highest BCUT2D eigenvalue weighted by Crippen LogP contribution is 2.22. The smallest absolute Gasteiger partial charge is 0.262 e. The lowest BCUT2D eigenvalue weighted by Crippen LogP contribution is -2.23. The Hall–Kier alpha value is -3.13. The minimum atomic E-state index is -0.116. The molecule has 0 radical (unpaired) electrons. The van der Waals surface area contributed by atoms with Crippen molar-refractivity contribution in [3.8, 4) is 0 Å². The quantitative estimate of drug-likeness (QED) is 0.421. The van der Waals surface area contributed by atoms with Gasteiger partial charge in [-0.15, -0.1) is 10.2 Å². The van der Waals surface area contributed by atoms with Gasteiger partial charge in [-0.2, -0.15) is 0 Å². The fourth-order valence-corrected chi connectivity index (χ4v) is 4.24. The second kappa shape index (κ2) is 9.34. The molecule has 2 heterocycles. The number of rotatable bonds is 8. The van der Waals surface area contributed by atoms with Crippen LogP contribution in [0.2, 0.25) is 0 Å². The summed E-state index contributed by atoms with van der Waals surface area (Å²) < 4.78 is 3.55. The fraction of sp³-hybridized carbons (Fsp3) is 0.304. The summed E-state index contributed by atoms with van der Waals surface area (Å²) in [5, 5.41) is 12.7. The van der Waals surface area contributed by atoms with Crippen LogP contribution in [0.25, 0.3) is 16.7 Å². The minimum absolute atomic E-state index is 0.0613. The molecule has 4 aromatic rings. The van der Waals surface area contributed by atoms with Gasteiger partial charge in [0.05, 0.1) is 16.7 Å². The maximum atomic E-state index is 13.0. The van der Waals surface area contributed by atoms with Crippen molar-refractivity contribution in [3.05, 3.63) is 64.4 Å². The van der Waals surface area contributed by atoms with Gasteiger partial charge in [0.2, 0.25) is 11.7 Å². The lowest BCUT2D eigenvalue weighted by atomic mass is 10.1. The van der Waals surface area contributed by atoms with Crippen LogP contribution in [0.4, 0.5) is 5.69 Å². The Morgan fingerprint density at radius 2 is 1.84 bits per heavy atom. The zero-order chi connectivity index (χ0) is 21.8. The van der Waals surface area contributed by atoms with Gasteiger partial charge >= 0.3 is 0 Å². The third-order valence-corrected chi connectivity index (χ3v) is 6.12. The molecule has 0 unspecified atom stereocenters. The van der Waals surface area contributed by atoms with E-state index in [4.69, 9.17) is 0 Å². The number of anilines is 1. The maximum Gasteiger partial charge on any atom is 0.262 e. The van der Waals surface area contributed by atoms with Crippen molar-refractivity contribution in [2.75, 3.05) is 11.1 Å². The standard InChI is InChI=1S/C23H25N5O2S/c1-3-5-14-27-21(30)18-8-6-7-9-19(18)28-22(27)25-26-23(28)31-15-20(29)24-17-12-10-16(4-2)11-13-17/h6-13H,3-5,14-15H2,1-2H3,(H,24,29). The van der Waals surface area contributed by atoms with Crippen molar-refractivity contribution >= 4 is 40.0 Å². The Labute approximate surface area is 184 Å². The van der Waals surface area contributed by atoms with Crippen molar-refractivity contribution in [1.82, 2.24) is 19.2 Å². The molecule has 0 saturated carbocycles. The number of aryl methyl sites for hydroxylation is 2. The lowest BCUT2D eigenvalue weighted by Gasteiger charge is -2.11. The molecule has 0 bridgehead atoms. The normalized spacial score (nSPS) is 11.3. The summed E-state index contributed by atoms with van der Waals surface area (Å²) in [5.41, 5.74) is 2.68. The highest BCUT2D eigenvalue weighted by atomic mass is 32.2. The van der Waals surface area contributed by atoms with E-state index in [1.54, 1.807) is 4.57 Å². The molecule has 2 aromatic heterocycles. The molecule has 0 aliphatic carbocycles. The first-order valence-electron chi connectivity index (χ1n) is 10.5. The van der Waals surface area contributed by atoms with Gasteiger partial charge in [-0.25, -0.2) is 0 Å². The van der Waals surface area contributed by atoms with Gasteiger partial charge in [0, 0.05) is 12.2 Å². The van der Waals surface area contributed by atoms with Crippen molar-refractivity contribution in [3.63, 3.8) is 0 Å². The van der Waals surface area contributed by atoms with Crippen LogP contribution in [-0.2, 0) is 17.8 Å². The molecule has 31 heavy (non-hydrogen) atoms. The summed E-state index contributed by atoms with van der Waals surface area (Å²) in [4.78, 5) is 25.5. The molecule has 4 rings (SSSR count). The van der Waals surface area contributed by atoms with E-state index < -0.39 is 0 Å². The fourth-order valence-electron chi connectivity index (χ4n) is 3.50. The average molecular weight is 436 g/mol. The number of carbonyl (C=O) groups is 1. The Balaban J connectivity index is 1.61. The number of benzene rings is 2. The van der Waals surface area contributed by atoms with E-state index in [0.29, 0.717) is 22.9 Å². The minimum Gasteiger partial charge on any atom is -0.325 e. The lowest BCUT2D eigenvalue weighted by molar-refractivity contribution is -0.113. The number of hydrogen-bond acceptors (Lipinski definition) is 5. The van der Waals surface area contributed by atoms with Crippen LogP contribution in [0.1, 0.15) is 32.3 Å². The van der Waals surface area contributed by atoms with Gasteiger partial charge in [-0.1, -0.05) is 56.3 Å². The number of thioether (sulfide) groups is 1. The summed E-state index contributed by atoms with van der Waals surface area (Å²) in [5.74, 6) is 0.587. The van der Waals surface area contributed by atoms with Crippen LogP contribution in [0, 0.1) is 0 Å². The molecule has 0 aliphatic rings. The summed E-state index contributed by atoms with van der Waals surface area (Å²) in [6.45, 7) is 4.77. The van der Waals surface area contributed by atoms with Crippen LogP contribution in [0.5, 0.6) is 0 Å². The second-order valence-corrected chi connectivity index (χ2v) is 8.28. The van der Waals surface area contributed by atoms with E-state index in [9.17, 15) is 9.59 Å². The highest BCUT2D eigenvalue weighted by molar-refractivity contribution is 7.99. The van der Waals surface area contributed by atoms with Crippen LogP contribution in [-0.4, -0.2) is 30.8 Å². The number of aromatic nitrogens is 4. The topological polar surface area (TPSA) is 81.3 Å². The van der Waals surface area contributed by atoms with E-state index in [2.05, 4.69) is 29.4 Å². The molecular formula is C23H25N5O2S. The number of nitrogens with zero attached hydrogens (tertiary/aromatic N) is 4. The molecule has 1 amide bonds. The monoisotopic (exact) mass is 435 g/mol. The molecule has 0 atom stereocenters. The summed E-state index contributed by atoms with van der Waals surface area (Å²) in [7, 11) is 0. The first-order valence-corrected chi connectivity index (χ1v) is 11.5. The van der Waals surface area contributed by atoms with E-state index in [-0.39, 0.29) is 17.2 Å². The third-order valence-electron chi connectivity index (χ3n) is 5.19. The van der Waals surface area contributed by atoms with Gasteiger partial charge in [0.1, 0.15) is 0 Å². The van der Waals surface area contributed by atoms with Crippen molar-refractivity contribution in [2.24, 2.45) is 0 Å². The van der Waals surface area contributed by atoms with Crippen LogP contribution < -0.4 is 10.9 Å². The number of amides is 1. The molecule has 0 fully saturated rings. The first kappa shape index (κ1) is 21.1. The number of carbonyl (C=O) groups excluding carboxylic acids is 1. The van der Waals surface area contributed by atoms with E-state index in [1.165, 1.54) is 17.3 Å². The predicted octanol–water partition coefficient (Wildman–Crippen LogP) is 4.14. The summed E-state index contributed by atoms with van der Waals surface area (Å²) in [6, 6.07) is 15.3. The molecular weight excluding hydrogens is 410 g/mol. The summed E-state index contributed by atoms with van der Waals surface area (Å²) in [6.07, 6.45) is 2.81. The molecule has 160 valence electrons. The van der Waals surface area contributed by atoms with Gasteiger partial charge in [0.25, 0.3) is 5.56 Å². The van der Waals surface area contributed by atoms with Crippen LogP contribution in [0.15, 0.2) is 58.5 Å². The number of para-hydroxylation sites is 1. The Kier molecular flexibility index (Phi) is 6.36. The molecule has 7 nitrogen and oxygen atoms in total. The Morgan fingerprint density at radius 3 is 2.58 bits per heavy atom. The van der Waals surface area contributed by atoms with E-state index in [1.807, 2.05) is 52.9 Å². The Morgan fingerprint density at radius 1 is 1.06 bits per heavy atom. The number of unbranched alkanes of at least 4 members (excludes halogenated alkanes) is 1. The second-order valence-electron chi connectivity index (χ2n) is 7.33. The van der Waals surface area contributed by atoms with Crippen LogP contribution in [0.3, 0.4) is 0 Å². The maximum absolute atomic E-state index is 13.0. The molecule has 0 aliphatic heterocycles. The highest BCUT2D eigenvalue weighted by Gasteiger charge is 2.17. The van der Waals surface area contributed by atoms with E-state index >= 15 is 0 Å². The molecule has 0 saturated heterocycles. The largest absolute Gasteiger partial charge is 0.325 e. The molecule has 8 heteroatoms. The van der Waals surface area contributed by atoms with Gasteiger partial charge in [-0.05, 0) is 42.7 Å². The van der Waals surface area contributed by atoms with Crippen molar-refractivity contribution in [1.29, 1.82) is 0 Å². The number of hydrogen-bond donors (Lipinski definition) is 1. The summed E-state index contributed by atoms with van der Waals surface area (Å²) >= 11 is 1.31. The van der Waals surface area contributed by atoms with Gasteiger partial charge in [0.15, 0.2) is 5.16 Å². The van der Waals surface area contributed by atoms with Gasteiger partial charge < -0.3 is 5.32 Å². The molecule has 0 spiro atoms. The number of nitrogens with one attached hydrogen (secondary N) is 1. The molecule has 1 N–H and O–H groups in total. The van der Waals surface area contributed by atoms with Crippen molar-refractivity contribution in [2.45, 2.75) is 44.8 Å². The molecule has 2 aromatic carbocycles. The van der Waals surface area contributed by atoms with Crippen LogP contribution >= 0.6 is 11.8 Å². The zero-order valence-corrected chi connectivity index (χ0v) is 18.5.